The van der Waals surface area contributed by atoms with Gasteiger partial charge in [0.25, 0.3) is 5.69 Å². The van der Waals surface area contributed by atoms with Gasteiger partial charge >= 0.3 is 12.1 Å². The zero-order valence-corrected chi connectivity index (χ0v) is 16.0. The number of carbonyl (C=O) groups is 1. The summed E-state index contributed by atoms with van der Waals surface area (Å²) in [6, 6.07) is 6.53. The number of hydrogen-bond acceptors (Lipinski definition) is 6. The number of anilines is 2. The molecule has 0 atom stereocenters. The lowest BCUT2D eigenvalue weighted by Crippen LogP contribution is -2.10. The molecule has 0 aliphatic rings. The maximum atomic E-state index is 13.1. The van der Waals surface area contributed by atoms with Crippen LogP contribution < -0.4 is 5.32 Å². The second-order valence-corrected chi connectivity index (χ2v) is 6.48. The molecule has 11 heteroatoms. The quantitative estimate of drug-likeness (QED) is 0.309. The Morgan fingerprint density at radius 3 is 2.63 bits per heavy atom. The number of carbonyl (C=O) groups excluding carboxylic acids is 1. The van der Waals surface area contributed by atoms with Gasteiger partial charge in [-0.2, -0.15) is 13.2 Å². The minimum absolute atomic E-state index is 0.0116. The van der Waals surface area contributed by atoms with Gasteiger partial charge in [0, 0.05) is 22.7 Å². The van der Waals surface area contributed by atoms with E-state index in [2.05, 4.69) is 10.3 Å². The average molecular weight is 440 g/mol. The Kier molecular flexibility index (Phi) is 5.79. The molecule has 7 nitrogen and oxygen atoms in total. The van der Waals surface area contributed by atoms with E-state index in [-0.39, 0.29) is 45.2 Å². The predicted molar refractivity (Wildman–Crippen MR) is 104 cm³/mol. The Morgan fingerprint density at radius 2 is 2.00 bits per heavy atom. The van der Waals surface area contributed by atoms with E-state index < -0.39 is 22.6 Å². The van der Waals surface area contributed by atoms with Gasteiger partial charge in [0.15, 0.2) is 0 Å². The number of aromatic nitrogens is 1. The Morgan fingerprint density at radius 1 is 1.27 bits per heavy atom. The third-order valence-electron chi connectivity index (χ3n) is 4.11. The number of nitrogens with one attached hydrogen (secondary N) is 1. The van der Waals surface area contributed by atoms with Crippen LogP contribution in [-0.4, -0.2) is 22.5 Å². The van der Waals surface area contributed by atoms with Crippen molar-refractivity contribution in [1.82, 2.24) is 4.98 Å². The average Bonchev–Trinajstić information content (AvgIpc) is 2.67. The molecule has 0 saturated heterocycles. The van der Waals surface area contributed by atoms with Crippen LogP contribution in [0.4, 0.5) is 30.2 Å². The summed E-state index contributed by atoms with van der Waals surface area (Å²) in [5.74, 6) is -0.793. The summed E-state index contributed by atoms with van der Waals surface area (Å²) in [7, 11) is 0. The molecule has 0 bridgehead atoms. The van der Waals surface area contributed by atoms with Gasteiger partial charge in [0.05, 0.1) is 28.3 Å². The van der Waals surface area contributed by atoms with Crippen LogP contribution in [-0.2, 0) is 10.9 Å². The number of nitro benzene ring substituents is 1. The summed E-state index contributed by atoms with van der Waals surface area (Å²) < 4.78 is 44.1. The number of benzene rings is 2. The van der Waals surface area contributed by atoms with Crippen molar-refractivity contribution in [2.24, 2.45) is 0 Å². The zero-order chi connectivity index (χ0) is 22.1. The van der Waals surface area contributed by atoms with E-state index in [9.17, 15) is 28.1 Å². The molecule has 156 valence electrons. The molecular weight excluding hydrogens is 427 g/mol. The van der Waals surface area contributed by atoms with Crippen molar-refractivity contribution in [2.45, 2.75) is 13.1 Å². The second kappa shape index (κ2) is 8.15. The van der Waals surface area contributed by atoms with Crippen LogP contribution in [0.3, 0.4) is 0 Å². The van der Waals surface area contributed by atoms with Gasteiger partial charge in [-0.1, -0.05) is 17.7 Å². The first-order chi connectivity index (χ1) is 14.1. The van der Waals surface area contributed by atoms with Crippen molar-refractivity contribution in [1.29, 1.82) is 0 Å². The second-order valence-electron chi connectivity index (χ2n) is 6.04. The fourth-order valence-corrected chi connectivity index (χ4v) is 2.94. The standard InChI is InChI=1S/C19H13ClF3N3O4/c1-2-30-18(27)13-9-24-14-7-10(19(21,22)23)3-5-12(14)17(13)25-15-8-11(20)4-6-16(15)26(28)29/h3-9H,2H2,1H3,(H,24,25). The number of fused-ring (bicyclic) bond motifs is 1. The first-order valence-corrected chi connectivity index (χ1v) is 8.87. The highest BCUT2D eigenvalue weighted by Gasteiger charge is 2.31. The van der Waals surface area contributed by atoms with Gasteiger partial charge in [-0.05, 0) is 31.2 Å². The summed E-state index contributed by atoms with van der Waals surface area (Å²) in [4.78, 5) is 27.0. The van der Waals surface area contributed by atoms with E-state index in [1.165, 1.54) is 18.2 Å². The van der Waals surface area contributed by atoms with Crippen molar-refractivity contribution in [3.8, 4) is 0 Å². The molecule has 3 rings (SSSR count). The molecule has 0 spiro atoms. The lowest BCUT2D eigenvalue weighted by Gasteiger charge is -2.15. The Labute approximate surface area is 172 Å². The van der Waals surface area contributed by atoms with Crippen molar-refractivity contribution in [3.05, 3.63) is 68.9 Å². The van der Waals surface area contributed by atoms with E-state index in [4.69, 9.17) is 16.3 Å². The molecule has 30 heavy (non-hydrogen) atoms. The smallest absolute Gasteiger partial charge is 0.416 e. The topological polar surface area (TPSA) is 94.4 Å². The van der Waals surface area contributed by atoms with Crippen LogP contribution in [0.15, 0.2) is 42.6 Å². The molecule has 0 saturated carbocycles. The third kappa shape index (κ3) is 4.28. The molecule has 0 amide bonds. The van der Waals surface area contributed by atoms with Gasteiger partial charge in [-0.3, -0.25) is 15.1 Å². The summed E-state index contributed by atoms with van der Waals surface area (Å²) in [5.41, 5.74) is -1.47. The van der Waals surface area contributed by atoms with Gasteiger partial charge in [0.2, 0.25) is 0 Å². The SMILES string of the molecule is CCOC(=O)c1cnc2cc(C(F)(F)F)ccc2c1Nc1cc(Cl)ccc1[N+](=O)[O-]. The molecule has 1 heterocycles. The molecule has 0 radical (unpaired) electrons. The highest BCUT2D eigenvalue weighted by atomic mass is 35.5. The predicted octanol–water partition coefficient (Wildman–Crippen LogP) is 5.74. The number of rotatable bonds is 5. The van der Waals surface area contributed by atoms with E-state index in [1.807, 2.05) is 0 Å². The normalized spacial score (nSPS) is 11.4. The highest BCUT2D eigenvalue weighted by Crippen LogP contribution is 2.37. The first-order valence-electron chi connectivity index (χ1n) is 8.50. The highest BCUT2D eigenvalue weighted by molar-refractivity contribution is 6.31. The molecule has 0 aliphatic carbocycles. The fourth-order valence-electron chi connectivity index (χ4n) is 2.77. The Hall–Kier alpha value is -3.40. The van der Waals surface area contributed by atoms with Crippen molar-refractivity contribution in [2.75, 3.05) is 11.9 Å². The van der Waals surface area contributed by atoms with Gasteiger partial charge in [-0.25, -0.2) is 4.79 Å². The van der Waals surface area contributed by atoms with E-state index in [0.29, 0.717) is 0 Å². The summed E-state index contributed by atoms with van der Waals surface area (Å²) in [6.45, 7) is 1.62. The van der Waals surface area contributed by atoms with Gasteiger partial charge in [-0.15, -0.1) is 0 Å². The van der Waals surface area contributed by atoms with E-state index in [1.54, 1.807) is 6.92 Å². The maximum Gasteiger partial charge on any atom is 0.416 e. The maximum absolute atomic E-state index is 13.1. The number of hydrogen-bond donors (Lipinski definition) is 1. The largest absolute Gasteiger partial charge is 0.462 e. The molecule has 2 aromatic carbocycles. The molecule has 3 aromatic rings. The molecule has 1 N–H and O–H groups in total. The minimum Gasteiger partial charge on any atom is -0.462 e. The fraction of sp³-hybridized carbons (Fsp3) is 0.158. The Bertz CT molecular complexity index is 1150. The number of alkyl halides is 3. The number of nitrogens with zero attached hydrogens (tertiary/aromatic N) is 2. The number of ether oxygens (including phenoxy) is 1. The van der Waals surface area contributed by atoms with Gasteiger partial charge < -0.3 is 10.1 Å². The van der Waals surface area contributed by atoms with Crippen molar-refractivity contribution < 1.29 is 27.6 Å². The molecule has 0 unspecified atom stereocenters. The lowest BCUT2D eigenvalue weighted by molar-refractivity contribution is -0.383. The molecular formula is C19H13ClF3N3O4. The molecule has 0 fully saturated rings. The van der Waals surface area contributed by atoms with Crippen LogP contribution in [0.2, 0.25) is 5.02 Å². The number of nitro groups is 1. The van der Waals surface area contributed by atoms with Crippen LogP contribution in [0.25, 0.3) is 10.9 Å². The number of halogens is 4. The van der Waals surface area contributed by atoms with E-state index in [0.717, 1.165) is 24.4 Å². The number of esters is 1. The van der Waals surface area contributed by atoms with Crippen molar-refractivity contribution in [3.63, 3.8) is 0 Å². The van der Waals surface area contributed by atoms with Crippen LogP contribution >= 0.6 is 11.6 Å². The first kappa shape index (κ1) is 21.3. The molecule has 1 aromatic heterocycles. The van der Waals surface area contributed by atoms with Crippen LogP contribution in [0.1, 0.15) is 22.8 Å². The third-order valence-corrected chi connectivity index (χ3v) is 4.34. The van der Waals surface area contributed by atoms with Crippen LogP contribution in [0, 0.1) is 10.1 Å². The number of pyridine rings is 1. The monoisotopic (exact) mass is 439 g/mol. The zero-order valence-electron chi connectivity index (χ0n) is 15.3. The van der Waals surface area contributed by atoms with Crippen LogP contribution in [0.5, 0.6) is 0 Å². The van der Waals surface area contributed by atoms with Gasteiger partial charge in [0.1, 0.15) is 11.3 Å². The minimum atomic E-state index is -4.59. The van der Waals surface area contributed by atoms with Crippen molar-refractivity contribution >= 4 is 45.5 Å². The summed E-state index contributed by atoms with van der Waals surface area (Å²) >= 11 is 5.94. The molecule has 0 aliphatic heterocycles. The summed E-state index contributed by atoms with van der Waals surface area (Å²) in [5, 5.41) is 14.4. The summed E-state index contributed by atoms with van der Waals surface area (Å²) in [6.07, 6.45) is -3.53. The lowest BCUT2D eigenvalue weighted by atomic mass is 10.1. The Balaban J connectivity index is 2.24. The van der Waals surface area contributed by atoms with E-state index >= 15 is 0 Å².